The van der Waals surface area contributed by atoms with Crippen molar-refractivity contribution in [2.75, 3.05) is 26.2 Å². The largest absolute Gasteiger partial charge is 0.480 e. The second-order valence-corrected chi connectivity index (χ2v) is 3.71. The van der Waals surface area contributed by atoms with E-state index in [4.69, 9.17) is 11.5 Å². The third kappa shape index (κ3) is 5.61. The molecule has 0 aromatic carbocycles. The number of carbonyl (C=O) groups excluding carboxylic acids is 1. The first-order valence-electron chi connectivity index (χ1n) is 5.25. The van der Waals surface area contributed by atoms with E-state index in [9.17, 15) is 9.59 Å². The average Bonchev–Trinajstić information content (AvgIpc) is 2.23. The fraction of sp³-hybridized carbons (Fsp3) is 0.500. The van der Waals surface area contributed by atoms with Gasteiger partial charge in [0.05, 0.1) is 6.54 Å². The molecule has 5 nitrogen and oxygen atoms in total. The Morgan fingerprint density at radius 1 is 1.35 bits per heavy atom. The number of carbonyl (C=O) groups is 2. The topological polar surface area (TPSA) is 60.9 Å². The van der Waals surface area contributed by atoms with Crippen LogP contribution in [0.5, 0.6) is 0 Å². The Morgan fingerprint density at radius 3 is 2.29 bits per heavy atom. The highest BCUT2D eigenvalue weighted by Crippen LogP contribution is 2.02. The van der Waals surface area contributed by atoms with Crippen LogP contribution in [0.3, 0.4) is 0 Å². The number of rotatable bonds is 6. The monoisotopic (exact) mass is 238 g/mol. The molecule has 0 saturated carbocycles. The summed E-state index contributed by atoms with van der Waals surface area (Å²) in [6.07, 6.45) is 5.11. The second kappa shape index (κ2) is 7.34. The molecule has 0 heterocycles. The first-order chi connectivity index (χ1) is 7.92. The van der Waals surface area contributed by atoms with Gasteiger partial charge in [-0.3, -0.25) is 4.79 Å². The highest BCUT2D eigenvalue weighted by Gasteiger charge is 2.20. The maximum atomic E-state index is 12.0. The Balaban J connectivity index is 4.72. The lowest BCUT2D eigenvalue weighted by molar-refractivity contribution is -0.137. The molecule has 0 aliphatic heterocycles. The van der Waals surface area contributed by atoms with E-state index in [-0.39, 0.29) is 12.6 Å². The van der Waals surface area contributed by atoms with Crippen LogP contribution in [0.4, 0.5) is 4.79 Å². The molecule has 0 aliphatic carbocycles. The Hall–Kier alpha value is -1.96. The van der Waals surface area contributed by atoms with Crippen molar-refractivity contribution in [3.05, 3.63) is 12.2 Å². The molecule has 94 valence electrons. The lowest BCUT2D eigenvalue weighted by Gasteiger charge is -2.27. The maximum Gasteiger partial charge on any atom is 0.323 e. The number of urea groups is 1. The van der Waals surface area contributed by atoms with Gasteiger partial charge < -0.3 is 14.9 Å². The first kappa shape index (κ1) is 15.0. The van der Waals surface area contributed by atoms with Crippen molar-refractivity contribution < 1.29 is 14.7 Å². The summed E-state index contributed by atoms with van der Waals surface area (Å²) in [6.45, 7) is 7.81. The number of nitrogens with zero attached hydrogens (tertiary/aromatic N) is 2. The number of carboxylic acid groups (broad SMARTS) is 1. The Bertz CT molecular complexity index is 344. The van der Waals surface area contributed by atoms with E-state index in [0.29, 0.717) is 13.1 Å². The number of aliphatic carboxylic acids is 1. The third-order valence-electron chi connectivity index (χ3n) is 1.99. The summed E-state index contributed by atoms with van der Waals surface area (Å²) in [6, 6.07) is -0.379. The molecule has 0 unspecified atom stereocenters. The molecule has 2 amide bonds. The molecule has 1 N–H and O–H groups in total. The van der Waals surface area contributed by atoms with Gasteiger partial charge in [-0.1, -0.05) is 18.1 Å². The van der Waals surface area contributed by atoms with Crippen LogP contribution in [0.1, 0.15) is 13.8 Å². The van der Waals surface area contributed by atoms with Gasteiger partial charge in [0.15, 0.2) is 0 Å². The molecular formula is C12H18N2O3. The minimum absolute atomic E-state index is 0.0160. The minimum atomic E-state index is -1.08. The van der Waals surface area contributed by atoms with Crippen molar-refractivity contribution in [3.63, 3.8) is 0 Å². The van der Waals surface area contributed by atoms with Crippen LogP contribution < -0.4 is 0 Å². The van der Waals surface area contributed by atoms with Crippen LogP contribution in [0.15, 0.2) is 12.2 Å². The molecule has 5 heteroatoms. The molecule has 0 spiro atoms. The molecule has 0 rings (SSSR count). The van der Waals surface area contributed by atoms with Gasteiger partial charge in [0.1, 0.15) is 6.54 Å². The predicted molar refractivity (Wildman–Crippen MR) is 65.5 cm³/mol. The number of amides is 2. The highest BCUT2D eigenvalue weighted by molar-refractivity contribution is 5.80. The van der Waals surface area contributed by atoms with Crippen molar-refractivity contribution in [1.82, 2.24) is 9.80 Å². The van der Waals surface area contributed by atoms with Crippen LogP contribution >= 0.6 is 0 Å². The van der Waals surface area contributed by atoms with E-state index in [1.54, 1.807) is 6.92 Å². The molecule has 17 heavy (non-hydrogen) atoms. The quantitative estimate of drug-likeness (QED) is 0.555. The third-order valence-corrected chi connectivity index (χ3v) is 1.99. The van der Waals surface area contributed by atoms with E-state index in [2.05, 4.69) is 12.5 Å². The molecule has 0 saturated heterocycles. The van der Waals surface area contributed by atoms with Gasteiger partial charge in [-0.15, -0.1) is 6.42 Å². The molecule has 0 radical (unpaired) electrons. The molecule has 0 fully saturated rings. The van der Waals surface area contributed by atoms with Crippen LogP contribution in [0, 0.1) is 12.3 Å². The minimum Gasteiger partial charge on any atom is -0.480 e. The van der Waals surface area contributed by atoms with Crippen LogP contribution in [-0.4, -0.2) is 53.1 Å². The van der Waals surface area contributed by atoms with Crippen LogP contribution in [0.25, 0.3) is 0 Å². The maximum absolute atomic E-state index is 12.0. The van der Waals surface area contributed by atoms with Gasteiger partial charge in [0.25, 0.3) is 0 Å². The standard InChI is InChI=1S/C12H18N2O3/c1-5-7-14(9-11(15)16)12(17)13(6-2)8-10(3)4/h1H,3,6-9H2,2,4H3,(H,15,16). The van der Waals surface area contributed by atoms with Crippen LogP contribution in [-0.2, 0) is 4.79 Å². The van der Waals surface area contributed by atoms with Crippen LogP contribution in [0.2, 0.25) is 0 Å². The smallest absolute Gasteiger partial charge is 0.323 e. The highest BCUT2D eigenvalue weighted by atomic mass is 16.4. The van der Waals surface area contributed by atoms with E-state index >= 15 is 0 Å². The zero-order valence-electron chi connectivity index (χ0n) is 10.3. The number of likely N-dealkylation sites (N-methyl/N-ethyl adjacent to an activating group) is 1. The van der Waals surface area contributed by atoms with Gasteiger partial charge in [-0.2, -0.15) is 0 Å². The summed E-state index contributed by atoms with van der Waals surface area (Å²) in [7, 11) is 0. The Labute approximate surface area is 102 Å². The average molecular weight is 238 g/mol. The SMILES string of the molecule is C#CCN(CC(=O)O)C(=O)N(CC)CC(=C)C. The predicted octanol–water partition coefficient (Wildman–Crippen LogP) is 1.02. The molecule has 0 aliphatic rings. The Morgan fingerprint density at radius 2 is 1.94 bits per heavy atom. The normalized spacial score (nSPS) is 9.24. The molecule has 0 atom stereocenters. The van der Waals surface area contributed by atoms with Gasteiger partial charge >= 0.3 is 12.0 Å². The number of carboxylic acids is 1. The fourth-order valence-corrected chi connectivity index (χ4v) is 1.31. The summed E-state index contributed by atoms with van der Waals surface area (Å²) in [5.74, 6) is 1.20. The number of hydrogen-bond acceptors (Lipinski definition) is 2. The summed E-state index contributed by atoms with van der Waals surface area (Å²) >= 11 is 0. The van der Waals surface area contributed by atoms with Gasteiger partial charge in [0.2, 0.25) is 0 Å². The summed E-state index contributed by atoms with van der Waals surface area (Å²) in [5, 5.41) is 8.70. The van der Waals surface area contributed by atoms with Crippen molar-refractivity contribution in [1.29, 1.82) is 0 Å². The first-order valence-corrected chi connectivity index (χ1v) is 5.25. The van der Waals surface area contributed by atoms with Crippen molar-refractivity contribution in [2.24, 2.45) is 0 Å². The zero-order valence-corrected chi connectivity index (χ0v) is 10.3. The van der Waals surface area contributed by atoms with E-state index in [1.807, 2.05) is 6.92 Å². The number of terminal acetylenes is 1. The van der Waals surface area contributed by atoms with Gasteiger partial charge in [0, 0.05) is 13.1 Å². The summed E-state index contributed by atoms with van der Waals surface area (Å²) in [4.78, 5) is 25.2. The molecular weight excluding hydrogens is 220 g/mol. The fourth-order valence-electron chi connectivity index (χ4n) is 1.31. The van der Waals surface area contributed by atoms with Crippen molar-refractivity contribution in [3.8, 4) is 12.3 Å². The lowest BCUT2D eigenvalue weighted by atomic mass is 10.3. The second-order valence-electron chi connectivity index (χ2n) is 3.71. The van der Waals surface area contributed by atoms with Crippen molar-refractivity contribution >= 4 is 12.0 Å². The molecule has 0 aromatic rings. The van der Waals surface area contributed by atoms with Gasteiger partial charge in [-0.25, -0.2) is 4.79 Å². The van der Waals surface area contributed by atoms with E-state index in [0.717, 1.165) is 10.5 Å². The zero-order chi connectivity index (χ0) is 13.4. The van der Waals surface area contributed by atoms with E-state index in [1.165, 1.54) is 4.90 Å². The lowest BCUT2D eigenvalue weighted by Crippen LogP contribution is -2.46. The van der Waals surface area contributed by atoms with E-state index < -0.39 is 12.5 Å². The molecule has 0 aromatic heterocycles. The summed E-state index contributed by atoms with van der Waals surface area (Å²) < 4.78 is 0. The van der Waals surface area contributed by atoms with Gasteiger partial charge in [-0.05, 0) is 13.8 Å². The Kier molecular flexibility index (Phi) is 6.49. The molecule has 0 bridgehead atoms. The summed E-state index contributed by atoms with van der Waals surface area (Å²) in [5.41, 5.74) is 0.830. The number of hydrogen-bond donors (Lipinski definition) is 1. The van der Waals surface area contributed by atoms with Crippen molar-refractivity contribution in [2.45, 2.75) is 13.8 Å².